The summed E-state index contributed by atoms with van der Waals surface area (Å²) in [7, 11) is -0.237. The van der Waals surface area contributed by atoms with Crippen molar-refractivity contribution in [1.29, 1.82) is 0 Å². The largest absolute Gasteiger partial charge is 0.495 e. The fourth-order valence-corrected chi connectivity index (χ4v) is 4.41. The lowest BCUT2D eigenvalue weighted by atomic mass is 10.2. The Labute approximate surface area is 179 Å². The number of carbonyl (C=O) groups is 1. The summed E-state index contributed by atoms with van der Waals surface area (Å²) >= 11 is 0. The first kappa shape index (κ1) is 23.5. The summed E-state index contributed by atoms with van der Waals surface area (Å²) in [5.41, 5.74) is 2.33. The lowest BCUT2D eigenvalue weighted by Gasteiger charge is -2.29. The van der Waals surface area contributed by atoms with E-state index in [1.807, 2.05) is 50.4 Å². The molecule has 1 atom stereocenters. The molecule has 8 heteroatoms. The second kappa shape index (κ2) is 10.3. The van der Waals surface area contributed by atoms with Crippen LogP contribution in [-0.4, -0.2) is 53.9 Å². The molecule has 7 nitrogen and oxygen atoms in total. The van der Waals surface area contributed by atoms with Crippen molar-refractivity contribution in [3.05, 3.63) is 54.1 Å². The number of amides is 1. The Morgan fingerprint density at radius 1 is 1.17 bits per heavy atom. The summed E-state index contributed by atoms with van der Waals surface area (Å²) < 4.78 is 31.5. The summed E-state index contributed by atoms with van der Waals surface area (Å²) in [5, 5.41) is 2.85. The van der Waals surface area contributed by atoms with Gasteiger partial charge in [-0.05, 0) is 50.1 Å². The fraction of sp³-hybridized carbons (Fsp3) is 0.409. The Hall–Kier alpha value is -2.74. The van der Waals surface area contributed by atoms with Crippen LogP contribution >= 0.6 is 0 Å². The molecular weight excluding hydrogens is 402 g/mol. The molecule has 164 valence electrons. The number of methoxy groups -OCH3 is 1. The second-order valence-electron chi connectivity index (χ2n) is 7.31. The summed E-state index contributed by atoms with van der Waals surface area (Å²) in [6.07, 6.45) is 1.82. The van der Waals surface area contributed by atoms with Gasteiger partial charge in [-0.1, -0.05) is 24.3 Å². The van der Waals surface area contributed by atoms with Crippen molar-refractivity contribution in [3.8, 4) is 5.75 Å². The number of ether oxygens (including phenoxy) is 1. The smallest absolute Gasteiger partial charge is 0.243 e. The molecule has 1 N–H and O–H groups in total. The van der Waals surface area contributed by atoms with Crippen molar-refractivity contribution in [1.82, 2.24) is 5.32 Å². The van der Waals surface area contributed by atoms with Crippen molar-refractivity contribution in [2.24, 2.45) is 0 Å². The second-order valence-corrected chi connectivity index (χ2v) is 9.17. The zero-order valence-electron chi connectivity index (χ0n) is 18.3. The average molecular weight is 434 g/mol. The highest BCUT2D eigenvalue weighted by atomic mass is 32.2. The Bertz CT molecular complexity index is 948. The molecule has 1 amide bonds. The average Bonchev–Trinajstić information content (AvgIpc) is 2.70. The maximum atomic E-state index is 12.7. The number of aryl methyl sites for hydroxylation is 1. The van der Waals surface area contributed by atoms with Crippen LogP contribution in [0.2, 0.25) is 0 Å². The van der Waals surface area contributed by atoms with Gasteiger partial charge in [-0.25, -0.2) is 8.42 Å². The van der Waals surface area contributed by atoms with Crippen LogP contribution in [0.25, 0.3) is 0 Å². The van der Waals surface area contributed by atoms with Gasteiger partial charge in [-0.3, -0.25) is 9.10 Å². The summed E-state index contributed by atoms with van der Waals surface area (Å²) in [5.74, 6) is 0.0431. The molecule has 0 aliphatic heterocycles. The topological polar surface area (TPSA) is 79.0 Å². The molecule has 0 heterocycles. The molecule has 0 saturated heterocycles. The van der Waals surface area contributed by atoms with E-state index in [1.54, 1.807) is 19.1 Å². The quantitative estimate of drug-likeness (QED) is 0.583. The minimum Gasteiger partial charge on any atom is -0.495 e. The van der Waals surface area contributed by atoms with Crippen molar-refractivity contribution in [3.63, 3.8) is 0 Å². The molecule has 0 saturated carbocycles. The van der Waals surface area contributed by atoms with E-state index in [2.05, 4.69) is 10.2 Å². The summed E-state index contributed by atoms with van der Waals surface area (Å²) in [6, 6.07) is 14.3. The van der Waals surface area contributed by atoms with Crippen molar-refractivity contribution in [2.45, 2.75) is 26.3 Å². The van der Waals surface area contributed by atoms with Gasteiger partial charge < -0.3 is 15.0 Å². The number of benzene rings is 2. The number of hydrogen-bond acceptors (Lipinski definition) is 5. The maximum absolute atomic E-state index is 12.7. The first-order valence-electron chi connectivity index (χ1n) is 9.83. The van der Waals surface area contributed by atoms with E-state index < -0.39 is 16.1 Å². The Morgan fingerprint density at radius 3 is 2.43 bits per heavy atom. The van der Waals surface area contributed by atoms with Gasteiger partial charge in [0.1, 0.15) is 11.8 Å². The first-order valence-corrected chi connectivity index (χ1v) is 11.7. The monoisotopic (exact) mass is 433 g/mol. The predicted octanol–water partition coefficient (Wildman–Crippen LogP) is 2.80. The lowest BCUT2D eigenvalue weighted by molar-refractivity contribution is -0.121. The van der Waals surface area contributed by atoms with E-state index in [9.17, 15) is 13.2 Å². The Kier molecular flexibility index (Phi) is 8.11. The highest BCUT2D eigenvalue weighted by Gasteiger charge is 2.31. The van der Waals surface area contributed by atoms with Crippen LogP contribution in [-0.2, 0) is 14.8 Å². The Morgan fingerprint density at radius 2 is 1.83 bits per heavy atom. The van der Waals surface area contributed by atoms with E-state index in [0.29, 0.717) is 18.0 Å². The predicted molar refractivity (Wildman–Crippen MR) is 122 cm³/mol. The highest BCUT2D eigenvalue weighted by molar-refractivity contribution is 7.92. The number of para-hydroxylation sites is 1. The molecule has 0 unspecified atom stereocenters. The van der Waals surface area contributed by atoms with E-state index >= 15 is 0 Å². The number of nitrogens with one attached hydrogen (secondary N) is 1. The molecule has 30 heavy (non-hydrogen) atoms. The van der Waals surface area contributed by atoms with Gasteiger partial charge >= 0.3 is 0 Å². The number of hydrogen-bond donors (Lipinski definition) is 1. The third kappa shape index (κ3) is 6.13. The zero-order chi connectivity index (χ0) is 22.3. The molecule has 0 aliphatic rings. The van der Waals surface area contributed by atoms with E-state index in [1.165, 1.54) is 7.11 Å². The van der Waals surface area contributed by atoms with Gasteiger partial charge in [0.05, 0.1) is 19.1 Å². The molecule has 0 aromatic heterocycles. The van der Waals surface area contributed by atoms with Crippen LogP contribution in [0.15, 0.2) is 48.5 Å². The van der Waals surface area contributed by atoms with E-state index in [-0.39, 0.29) is 5.91 Å². The molecule has 2 aromatic carbocycles. The molecular formula is C22H31N3O4S. The molecule has 0 radical (unpaired) electrons. The van der Waals surface area contributed by atoms with Crippen LogP contribution in [0.5, 0.6) is 5.75 Å². The van der Waals surface area contributed by atoms with Gasteiger partial charge in [-0.15, -0.1) is 0 Å². The number of anilines is 2. The van der Waals surface area contributed by atoms with Crippen LogP contribution in [0.3, 0.4) is 0 Å². The first-order chi connectivity index (χ1) is 14.1. The third-order valence-corrected chi connectivity index (χ3v) is 6.05. The molecule has 2 aromatic rings. The zero-order valence-corrected chi connectivity index (χ0v) is 19.1. The highest BCUT2D eigenvalue weighted by Crippen LogP contribution is 2.32. The van der Waals surface area contributed by atoms with E-state index in [0.717, 1.165) is 34.8 Å². The summed E-state index contributed by atoms with van der Waals surface area (Å²) in [6.45, 7) is 4.65. The van der Waals surface area contributed by atoms with Crippen molar-refractivity contribution >= 4 is 27.3 Å². The fourth-order valence-electron chi connectivity index (χ4n) is 3.24. The molecule has 0 fully saturated rings. The number of nitrogens with zero attached hydrogens (tertiary/aromatic N) is 2. The van der Waals surface area contributed by atoms with Gasteiger partial charge in [-0.2, -0.15) is 0 Å². The van der Waals surface area contributed by atoms with Gasteiger partial charge in [0.15, 0.2) is 0 Å². The molecule has 0 spiro atoms. The SMILES string of the molecule is COc1ccc(C)cc1N([C@@H](C)C(=O)NCCCN(C)c1ccccc1)S(C)(=O)=O. The lowest BCUT2D eigenvalue weighted by Crippen LogP contribution is -2.48. The van der Waals surface area contributed by atoms with Gasteiger partial charge in [0, 0.05) is 25.8 Å². The van der Waals surface area contributed by atoms with Crippen LogP contribution < -0.4 is 19.3 Å². The van der Waals surface area contributed by atoms with Gasteiger partial charge in [0.25, 0.3) is 0 Å². The van der Waals surface area contributed by atoms with Crippen LogP contribution in [0.1, 0.15) is 18.9 Å². The standard InChI is InChI=1S/C22H31N3O4S/c1-17-12-13-21(29-4)20(16-17)25(30(5,27)28)18(2)22(26)23-14-9-15-24(3)19-10-7-6-8-11-19/h6-8,10-13,16,18H,9,14-15H2,1-5H3,(H,23,26)/t18-/m0/s1. The maximum Gasteiger partial charge on any atom is 0.243 e. The molecule has 2 rings (SSSR count). The number of sulfonamides is 1. The van der Waals surface area contributed by atoms with Crippen molar-refractivity contribution < 1.29 is 17.9 Å². The van der Waals surface area contributed by atoms with Crippen molar-refractivity contribution in [2.75, 3.05) is 42.7 Å². The number of carbonyl (C=O) groups excluding carboxylic acids is 1. The van der Waals surface area contributed by atoms with Crippen LogP contribution in [0.4, 0.5) is 11.4 Å². The third-order valence-electron chi connectivity index (χ3n) is 4.83. The van der Waals surface area contributed by atoms with E-state index in [4.69, 9.17) is 4.74 Å². The minimum atomic E-state index is -3.71. The molecule has 0 bridgehead atoms. The minimum absolute atomic E-state index is 0.353. The van der Waals surface area contributed by atoms with Gasteiger partial charge in [0.2, 0.25) is 15.9 Å². The Balaban J connectivity index is 2.04. The number of rotatable bonds is 10. The van der Waals surface area contributed by atoms with Crippen LogP contribution in [0, 0.1) is 6.92 Å². The normalized spacial score (nSPS) is 12.2. The molecule has 0 aliphatic carbocycles. The summed E-state index contributed by atoms with van der Waals surface area (Å²) in [4.78, 5) is 14.8.